The summed E-state index contributed by atoms with van der Waals surface area (Å²) in [6.07, 6.45) is 1.13. The van der Waals surface area contributed by atoms with Gasteiger partial charge in [-0.1, -0.05) is 41.0 Å². The lowest BCUT2D eigenvalue weighted by atomic mass is 10.1. The van der Waals surface area contributed by atoms with Gasteiger partial charge >= 0.3 is 0 Å². The average molecular weight is 384 g/mol. The smallest absolute Gasteiger partial charge is 0.249 e. The number of rotatable bonds is 5. The maximum Gasteiger partial charge on any atom is 0.249 e. The molecule has 1 atom stereocenters. The van der Waals surface area contributed by atoms with Crippen LogP contribution in [0.5, 0.6) is 5.75 Å². The van der Waals surface area contributed by atoms with Gasteiger partial charge < -0.3 is 14.2 Å². The lowest BCUT2D eigenvalue weighted by molar-refractivity contribution is -0.129. The molecule has 7 heteroatoms. The summed E-state index contributed by atoms with van der Waals surface area (Å²) in [4.78, 5) is 18.7. The van der Waals surface area contributed by atoms with E-state index < -0.39 is 0 Å². The maximum atomic E-state index is 12.4. The largest absolute Gasteiger partial charge is 0.497 e. The summed E-state index contributed by atoms with van der Waals surface area (Å²) in [5.41, 5.74) is 1.81. The van der Waals surface area contributed by atoms with Crippen LogP contribution in [0, 0.1) is 0 Å². The van der Waals surface area contributed by atoms with Crippen LogP contribution in [0.1, 0.15) is 30.3 Å². The Labute approximate surface area is 161 Å². The standard InChI is InChI=1S/C20H18ClN3O3/c1-26-16-4-2-3-14(11-16)19-22-20(27-23-19)17-9-10-18(25)24(17)12-13-5-7-15(21)8-6-13/h2-8,11,17H,9-10,12H2,1H3. The van der Waals surface area contributed by atoms with Crippen LogP contribution in [0.4, 0.5) is 0 Å². The molecule has 2 aromatic carbocycles. The van der Waals surface area contributed by atoms with Crippen LogP contribution in [-0.2, 0) is 11.3 Å². The highest BCUT2D eigenvalue weighted by Gasteiger charge is 2.36. The molecule has 2 heterocycles. The second-order valence-corrected chi connectivity index (χ2v) is 6.83. The highest BCUT2D eigenvalue weighted by molar-refractivity contribution is 6.30. The number of benzene rings is 2. The highest BCUT2D eigenvalue weighted by atomic mass is 35.5. The van der Waals surface area contributed by atoms with E-state index >= 15 is 0 Å². The van der Waals surface area contributed by atoms with Gasteiger partial charge in [0.25, 0.3) is 0 Å². The van der Waals surface area contributed by atoms with Crippen LogP contribution in [-0.4, -0.2) is 28.1 Å². The van der Waals surface area contributed by atoms with Crippen molar-refractivity contribution in [3.05, 3.63) is 65.0 Å². The molecule has 1 saturated heterocycles. The van der Waals surface area contributed by atoms with Gasteiger partial charge in [0.05, 0.1) is 7.11 Å². The second kappa shape index (κ2) is 7.40. The van der Waals surface area contributed by atoms with Crippen molar-refractivity contribution in [3.63, 3.8) is 0 Å². The number of nitrogens with zero attached hydrogens (tertiary/aromatic N) is 3. The lowest BCUT2D eigenvalue weighted by Crippen LogP contribution is -2.27. The first-order valence-electron chi connectivity index (χ1n) is 8.66. The van der Waals surface area contributed by atoms with Gasteiger partial charge in [-0.05, 0) is 36.2 Å². The minimum Gasteiger partial charge on any atom is -0.497 e. The molecule has 0 bridgehead atoms. The van der Waals surface area contributed by atoms with E-state index in [1.54, 1.807) is 12.0 Å². The first kappa shape index (κ1) is 17.5. The van der Waals surface area contributed by atoms with E-state index in [0.717, 1.165) is 16.9 Å². The summed E-state index contributed by atoms with van der Waals surface area (Å²) in [6.45, 7) is 0.484. The number of amides is 1. The number of carbonyl (C=O) groups excluding carboxylic acids is 1. The van der Waals surface area contributed by atoms with Crippen molar-refractivity contribution in [3.8, 4) is 17.1 Å². The van der Waals surface area contributed by atoms with E-state index in [2.05, 4.69) is 10.1 Å². The van der Waals surface area contributed by atoms with Gasteiger partial charge in [0.1, 0.15) is 11.8 Å². The third-order valence-electron chi connectivity index (χ3n) is 4.65. The van der Waals surface area contributed by atoms with Crippen molar-refractivity contribution in [1.82, 2.24) is 15.0 Å². The third-order valence-corrected chi connectivity index (χ3v) is 4.90. The van der Waals surface area contributed by atoms with Gasteiger partial charge in [-0.3, -0.25) is 4.79 Å². The van der Waals surface area contributed by atoms with Crippen molar-refractivity contribution in [2.75, 3.05) is 7.11 Å². The molecule has 0 radical (unpaired) electrons. The van der Waals surface area contributed by atoms with Gasteiger partial charge in [0, 0.05) is 23.6 Å². The molecule has 6 nitrogen and oxygen atoms in total. The Balaban J connectivity index is 1.57. The van der Waals surface area contributed by atoms with E-state index in [-0.39, 0.29) is 11.9 Å². The van der Waals surface area contributed by atoms with Gasteiger partial charge in [-0.25, -0.2) is 0 Å². The molecular weight excluding hydrogens is 366 g/mol. The number of carbonyl (C=O) groups is 1. The van der Waals surface area contributed by atoms with Gasteiger partial charge in [-0.15, -0.1) is 0 Å². The molecule has 0 saturated carbocycles. The van der Waals surface area contributed by atoms with Gasteiger partial charge in [0.2, 0.25) is 17.6 Å². The Hall–Kier alpha value is -2.86. The fraction of sp³-hybridized carbons (Fsp3) is 0.250. The summed E-state index contributed by atoms with van der Waals surface area (Å²) < 4.78 is 10.7. The zero-order chi connectivity index (χ0) is 18.8. The molecule has 1 aliphatic rings. The fourth-order valence-electron chi connectivity index (χ4n) is 3.23. The quantitative estimate of drug-likeness (QED) is 0.658. The van der Waals surface area contributed by atoms with Crippen LogP contribution in [0.25, 0.3) is 11.4 Å². The molecular formula is C20H18ClN3O3. The second-order valence-electron chi connectivity index (χ2n) is 6.39. The summed E-state index contributed by atoms with van der Waals surface area (Å²) in [5, 5.41) is 4.76. The molecule has 27 heavy (non-hydrogen) atoms. The molecule has 138 valence electrons. The number of hydrogen-bond acceptors (Lipinski definition) is 5. The van der Waals surface area contributed by atoms with Crippen molar-refractivity contribution in [2.24, 2.45) is 0 Å². The zero-order valence-electron chi connectivity index (χ0n) is 14.8. The molecule has 1 amide bonds. The lowest BCUT2D eigenvalue weighted by Gasteiger charge is -2.22. The third kappa shape index (κ3) is 3.66. The number of ether oxygens (including phenoxy) is 1. The molecule has 1 fully saturated rings. The van der Waals surface area contributed by atoms with Crippen molar-refractivity contribution in [1.29, 1.82) is 0 Å². The van der Waals surface area contributed by atoms with E-state index in [4.69, 9.17) is 20.9 Å². The molecule has 1 aliphatic heterocycles. The number of hydrogen-bond donors (Lipinski definition) is 0. The molecule has 1 unspecified atom stereocenters. The molecule has 3 aromatic rings. The van der Waals surface area contributed by atoms with Gasteiger partial charge in [0.15, 0.2) is 0 Å². The average Bonchev–Trinajstić information content (AvgIpc) is 3.31. The van der Waals surface area contributed by atoms with Crippen molar-refractivity contribution < 1.29 is 14.1 Å². The Kier molecular flexibility index (Phi) is 4.81. The highest BCUT2D eigenvalue weighted by Crippen LogP contribution is 2.34. The maximum absolute atomic E-state index is 12.4. The van der Waals surface area contributed by atoms with Crippen molar-refractivity contribution >= 4 is 17.5 Å². The Morgan fingerprint density at radius 2 is 2.07 bits per heavy atom. The fourth-order valence-corrected chi connectivity index (χ4v) is 3.35. The normalized spacial score (nSPS) is 16.7. The van der Waals surface area contributed by atoms with E-state index in [9.17, 15) is 4.79 Å². The van der Waals surface area contributed by atoms with Crippen LogP contribution in [0.3, 0.4) is 0 Å². The summed E-state index contributed by atoms with van der Waals surface area (Å²) in [6, 6.07) is 14.7. The number of methoxy groups -OCH3 is 1. The van der Waals surface area contributed by atoms with Crippen LogP contribution >= 0.6 is 11.6 Å². The van der Waals surface area contributed by atoms with Crippen LogP contribution in [0.2, 0.25) is 5.02 Å². The Bertz CT molecular complexity index is 955. The first-order chi connectivity index (χ1) is 13.1. The molecule has 0 aliphatic carbocycles. The minimum atomic E-state index is -0.222. The van der Waals surface area contributed by atoms with E-state index in [1.807, 2.05) is 48.5 Å². The monoisotopic (exact) mass is 383 g/mol. The Morgan fingerprint density at radius 1 is 1.26 bits per heavy atom. The summed E-state index contributed by atoms with van der Waals surface area (Å²) >= 11 is 5.94. The van der Waals surface area contributed by atoms with E-state index in [1.165, 1.54) is 0 Å². The molecule has 0 spiro atoms. The topological polar surface area (TPSA) is 68.5 Å². The number of halogens is 1. The minimum absolute atomic E-state index is 0.0797. The SMILES string of the molecule is COc1cccc(-c2noc(C3CCC(=O)N3Cc3ccc(Cl)cc3)n2)c1. The predicted octanol–water partition coefficient (Wildman–Crippen LogP) is 4.26. The number of likely N-dealkylation sites (tertiary alicyclic amines) is 1. The molecule has 4 rings (SSSR count). The number of aromatic nitrogens is 2. The molecule has 1 aromatic heterocycles. The first-order valence-corrected chi connectivity index (χ1v) is 9.04. The zero-order valence-corrected chi connectivity index (χ0v) is 15.5. The van der Waals surface area contributed by atoms with Crippen LogP contribution < -0.4 is 4.74 Å². The van der Waals surface area contributed by atoms with Crippen molar-refractivity contribution in [2.45, 2.75) is 25.4 Å². The van der Waals surface area contributed by atoms with Crippen LogP contribution in [0.15, 0.2) is 53.1 Å². The van der Waals surface area contributed by atoms with Gasteiger partial charge in [-0.2, -0.15) is 4.98 Å². The summed E-state index contributed by atoms with van der Waals surface area (Å²) in [5.74, 6) is 1.73. The summed E-state index contributed by atoms with van der Waals surface area (Å²) in [7, 11) is 1.61. The van der Waals surface area contributed by atoms with E-state index in [0.29, 0.717) is 36.1 Å². The predicted molar refractivity (Wildman–Crippen MR) is 100 cm³/mol. The Morgan fingerprint density at radius 3 is 2.85 bits per heavy atom. The molecule has 0 N–H and O–H groups in total.